The van der Waals surface area contributed by atoms with Gasteiger partial charge >= 0.3 is 0 Å². The summed E-state index contributed by atoms with van der Waals surface area (Å²) in [4.78, 5) is 14.4. The zero-order valence-electron chi connectivity index (χ0n) is 20.0. The molecule has 5 aliphatic rings. The minimum Gasteiger partial charge on any atom is -0.378 e. The first-order chi connectivity index (χ1) is 15.4. The number of benzene rings is 1. The number of carbonyl (C=O) groups excluding carboxylic acids is 1. The molecule has 0 N–H and O–H groups in total. The first-order valence-corrected chi connectivity index (χ1v) is 12.8. The van der Waals surface area contributed by atoms with Crippen LogP contribution in [0.4, 0.5) is 5.69 Å². The zero-order chi connectivity index (χ0) is 22.1. The fourth-order valence-corrected chi connectivity index (χ4v) is 8.39. The average Bonchev–Trinajstić information content (AvgIpc) is 3.39. The number of hydrogen-bond donors (Lipinski definition) is 0. The topological polar surface area (TPSA) is 29.5 Å². The van der Waals surface area contributed by atoms with Crippen molar-refractivity contribution in [2.45, 2.75) is 76.2 Å². The van der Waals surface area contributed by atoms with Crippen LogP contribution in [0.15, 0.2) is 47.1 Å². The molecule has 1 heterocycles. The van der Waals surface area contributed by atoms with Gasteiger partial charge in [0.15, 0.2) is 5.78 Å². The summed E-state index contributed by atoms with van der Waals surface area (Å²) in [6.07, 6.45) is 12.1. The van der Waals surface area contributed by atoms with E-state index in [1.807, 2.05) is 6.08 Å². The van der Waals surface area contributed by atoms with Gasteiger partial charge in [-0.25, -0.2) is 0 Å². The van der Waals surface area contributed by atoms with Gasteiger partial charge in [-0.15, -0.1) is 0 Å². The smallest absolute Gasteiger partial charge is 0.156 e. The minimum absolute atomic E-state index is 0.0916. The normalized spacial score (nSPS) is 38.4. The number of anilines is 1. The van der Waals surface area contributed by atoms with E-state index in [9.17, 15) is 4.79 Å². The van der Waals surface area contributed by atoms with Crippen molar-refractivity contribution in [3.05, 3.63) is 52.6 Å². The van der Waals surface area contributed by atoms with Crippen LogP contribution in [0.1, 0.15) is 76.2 Å². The first-order valence-electron chi connectivity index (χ1n) is 12.8. The van der Waals surface area contributed by atoms with E-state index in [-0.39, 0.29) is 11.0 Å². The molecular formula is C29H37NO2. The lowest BCUT2D eigenvalue weighted by Crippen LogP contribution is -2.51. The minimum atomic E-state index is 0.0916. The number of nitrogens with zero attached hydrogens (tertiary/aromatic N) is 1. The highest BCUT2D eigenvalue weighted by Crippen LogP contribution is 2.69. The largest absolute Gasteiger partial charge is 0.378 e. The molecule has 1 spiro atoms. The molecule has 0 aromatic heterocycles. The third-order valence-corrected chi connectivity index (χ3v) is 9.94. The van der Waals surface area contributed by atoms with Gasteiger partial charge in [0.1, 0.15) is 0 Å². The summed E-state index contributed by atoms with van der Waals surface area (Å²) in [7, 11) is 4.22. The zero-order valence-corrected chi connectivity index (χ0v) is 20.0. The summed E-state index contributed by atoms with van der Waals surface area (Å²) in [5, 5.41) is 0. The van der Waals surface area contributed by atoms with E-state index in [1.165, 1.54) is 55.3 Å². The Morgan fingerprint density at radius 3 is 2.56 bits per heavy atom. The Bertz CT molecular complexity index is 994. The van der Waals surface area contributed by atoms with E-state index in [0.717, 1.165) is 25.4 Å². The summed E-state index contributed by atoms with van der Waals surface area (Å²) in [6, 6.07) is 9.31. The molecule has 2 saturated carbocycles. The molecule has 0 bridgehead atoms. The van der Waals surface area contributed by atoms with Crippen LogP contribution in [0.5, 0.6) is 0 Å². The Balaban J connectivity index is 1.50. The number of ketones is 1. The highest BCUT2D eigenvalue weighted by Gasteiger charge is 2.64. The molecule has 1 aliphatic heterocycles. The van der Waals surface area contributed by atoms with Crippen LogP contribution in [0.3, 0.4) is 0 Å². The molecule has 32 heavy (non-hydrogen) atoms. The van der Waals surface area contributed by atoms with Gasteiger partial charge in [-0.1, -0.05) is 24.6 Å². The fourth-order valence-electron chi connectivity index (χ4n) is 8.39. The van der Waals surface area contributed by atoms with E-state index in [1.54, 1.807) is 11.1 Å². The molecule has 3 heteroatoms. The van der Waals surface area contributed by atoms with Crippen LogP contribution in [0.25, 0.3) is 0 Å². The van der Waals surface area contributed by atoms with Crippen LogP contribution >= 0.6 is 0 Å². The highest BCUT2D eigenvalue weighted by molar-refractivity contribution is 5.93. The Morgan fingerprint density at radius 1 is 1.03 bits per heavy atom. The lowest BCUT2D eigenvalue weighted by Gasteiger charge is -2.55. The molecule has 1 unspecified atom stereocenters. The van der Waals surface area contributed by atoms with Crippen molar-refractivity contribution >= 4 is 11.5 Å². The Kier molecular flexibility index (Phi) is 4.74. The number of ether oxygens (including phenoxy) is 1. The van der Waals surface area contributed by atoms with Crippen LogP contribution in [0, 0.1) is 17.3 Å². The second-order valence-corrected chi connectivity index (χ2v) is 11.5. The van der Waals surface area contributed by atoms with Crippen molar-refractivity contribution in [2.75, 3.05) is 25.6 Å². The van der Waals surface area contributed by atoms with Crippen LogP contribution in [0.2, 0.25) is 0 Å². The quantitative estimate of drug-likeness (QED) is 0.558. The summed E-state index contributed by atoms with van der Waals surface area (Å²) in [6.45, 7) is 3.52. The predicted molar refractivity (Wildman–Crippen MR) is 129 cm³/mol. The molecule has 1 aromatic carbocycles. The lowest BCUT2D eigenvalue weighted by atomic mass is 9.51. The predicted octanol–water partition coefficient (Wildman–Crippen LogP) is 6.20. The third kappa shape index (κ3) is 2.86. The second-order valence-electron chi connectivity index (χ2n) is 11.5. The number of hydrogen-bond acceptors (Lipinski definition) is 3. The molecule has 170 valence electrons. The van der Waals surface area contributed by atoms with Gasteiger partial charge in [0.2, 0.25) is 0 Å². The monoisotopic (exact) mass is 431 g/mol. The summed E-state index contributed by atoms with van der Waals surface area (Å²) in [5.41, 5.74) is 7.66. The van der Waals surface area contributed by atoms with Gasteiger partial charge in [0.25, 0.3) is 0 Å². The van der Waals surface area contributed by atoms with Crippen molar-refractivity contribution in [1.29, 1.82) is 0 Å². The number of carbonyl (C=O) groups is 1. The van der Waals surface area contributed by atoms with E-state index < -0.39 is 0 Å². The molecule has 1 saturated heterocycles. The Hall–Kier alpha value is -1.87. The van der Waals surface area contributed by atoms with E-state index in [4.69, 9.17) is 4.74 Å². The number of rotatable bonds is 2. The van der Waals surface area contributed by atoms with Crippen molar-refractivity contribution in [2.24, 2.45) is 17.3 Å². The summed E-state index contributed by atoms with van der Waals surface area (Å²) >= 11 is 0. The van der Waals surface area contributed by atoms with Crippen LogP contribution < -0.4 is 4.90 Å². The Morgan fingerprint density at radius 2 is 1.84 bits per heavy atom. The average molecular weight is 432 g/mol. The van der Waals surface area contributed by atoms with Gasteiger partial charge < -0.3 is 9.64 Å². The second kappa shape index (κ2) is 7.32. The lowest BCUT2D eigenvalue weighted by molar-refractivity contribution is -0.114. The van der Waals surface area contributed by atoms with Gasteiger partial charge in [-0.3, -0.25) is 4.79 Å². The van der Waals surface area contributed by atoms with E-state index >= 15 is 0 Å². The number of allylic oxidation sites excluding steroid dienone is 4. The standard InChI is InChI=1S/C29H37NO2/c1-28-18-25(19-5-8-21(9-6-19)30(2)3)27-23-12-10-22(31)17-20(23)7-11-24(27)26(28)13-15-29(28)14-4-16-32-29/h5-6,8-9,17,24-26H,4,7,10-16,18H2,1-3H3/t24?,25-,26-,28+,29+/m1/s1. The van der Waals surface area contributed by atoms with Crippen LogP contribution in [-0.4, -0.2) is 32.1 Å². The summed E-state index contributed by atoms with van der Waals surface area (Å²) < 4.78 is 6.63. The van der Waals surface area contributed by atoms with Gasteiger partial charge in [-0.05, 0) is 98.1 Å². The molecular weight excluding hydrogens is 394 g/mol. The maximum Gasteiger partial charge on any atom is 0.156 e. The molecule has 5 atom stereocenters. The molecule has 1 aromatic rings. The third-order valence-electron chi connectivity index (χ3n) is 9.94. The molecule has 3 fully saturated rings. The summed E-state index contributed by atoms with van der Waals surface area (Å²) in [5.74, 6) is 2.15. The first kappa shape index (κ1) is 20.7. The molecule has 3 nitrogen and oxygen atoms in total. The van der Waals surface area contributed by atoms with Crippen LogP contribution in [-0.2, 0) is 9.53 Å². The number of fused-ring (bicyclic) bond motifs is 5. The van der Waals surface area contributed by atoms with Gasteiger partial charge in [-0.2, -0.15) is 0 Å². The Labute approximate surface area is 192 Å². The van der Waals surface area contributed by atoms with Crippen molar-refractivity contribution in [3.63, 3.8) is 0 Å². The van der Waals surface area contributed by atoms with Gasteiger partial charge in [0.05, 0.1) is 5.60 Å². The highest BCUT2D eigenvalue weighted by atomic mass is 16.5. The molecule has 0 radical (unpaired) electrons. The SMILES string of the molecule is CN(C)c1ccc([C@H]2C[C@@]3(C)[C@H](CC[C@@]34CCCO4)C3CCC4=CC(=O)CCC4=C32)cc1. The molecule has 4 aliphatic carbocycles. The van der Waals surface area contributed by atoms with Crippen molar-refractivity contribution in [3.8, 4) is 0 Å². The van der Waals surface area contributed by atoms with Crippen molar-refractivity contribution < 1.29 is 9.53 Å². The van der Waals surface area contributed by atoms with E-state index in [2.05, 4.69) is 50.2 Å². The molecule has 0 amide bonds. The van der Waals surface area contributed by atoms with Crippen molar-refractivity contribution in [1.82, 2.24) is 0 Å². The fraction of sp³-hybridized carbons (Fsp3) is 0.621. The maximum atomic E-state index is 12.2. The van der Waals surface area contributed by atoms with E-state index in [0.29, 0.717) is 24.0 Å². The molecule has 6 rings (SSSR count). The maximum absolute atomic E-state index is 12.2. The van der Waals surface area contributed by atoms with Gasteiger partial charge in [0, 0.05) is 44.1 Å².